The number of aryl methyl sites for hydroxylation is 1. The molecule has 0 N–H and O–H groups in total. The lowest BCUT2D eigenvalue weighted by Gasteiger charge is -2.17. The molecule has 0 unspecified atom stereocenters. The summed E-state index contributed by atoms with van der Waals surface area (Å²) in [5.41, 5.74) is 2.00. The fourth-order valence-electron chi connectivity index (χ4n) is 3.47. The van der Waals surface area contributed by atoms with Crippen molar-refractivity contribution < 1.29 is 9.53 Å². The summed E-state index contributed by atoms with van der Waals surface area (Å²) >= 11 is 0. The standard InChI is InChI=1S/C20H25N3O2/c1-22-12-17(11-21-22)10-16-8-9-23(13-16)20(24)18-4-6-19(7-5-18)25-14-15-2-3-15/h4-7,11-12,15-16H,2-3,8-10,13-14H2,1H3/t16-/m1/s1. The highest BCUT2D eigenvalue weighted by atomic mass is 16.5. The molecule has 132 valence electrons. The summed E-state index contributed by atoms with van der Waals surface area (Å²) in [5.74, 6) is 2.25. The van der Waals surface area contributed by atoms with Gasteiger partial charge in [-0.25, -0.2) is 0 Å². The Kier molecular flexibility index (Phi) is 4.47. The predicted octanol–water partition coefficient (Wildman–Crippen LogP) is 2.91. The van der Waals surface area contributed by atoms with Crippen molar-refractivity contribution in [1.29, 1.82) is 0 Å². The maximum absolute atomic E-state index is 12.7. The van der Waals surface area contributed by atoms with Crippen LogP contribution in [-0.4, -0.2) is 40.3 Å². The lowest BCUT2D eigenvalue weighted by Crippen LogP contribution is -2.28. The number of benzene rings is 1. The van der Waals surface area contributed by atoms with Crippen LogP contribution in [-0.2, 0) is 13.5 Å². The molecule has 1 saturated carbocycles. The highest BCUT2D eigenvalue weighted by Crippen LogP contribution is 2.29. The van der Waals surface area contributed by atoms with E-state index in [4.69, 9.17) is 4.74 Å². The number of ether oxygens (including phenoxy) is 1. The second-order valence-electron chi connectivity index (χ2n) is 7.41. The van der Waals surface area contributed by atoms with E-state index in [0.29, 0.717) is 5.92 Å². The third kappa shape index (κ3) is 4.03. The number of carbonyl (C=O) groups is 1. The fraction of sp³-hybridized carbons (Fsp3) is 0.500. The van der Waals surface area contributed by atoms with E-state index >= 15 is 0 Å². The van der Waals surface area contributed by atoms with Gasteiger partial charge in [-0.05, 0) is 67.3 Å². The highest BCUT2D eigenvalue weighted by molar-refractivity contribution is 5.94. The molecule has 0 radical (unpaired) electrons. The molecule has 2 aliphatic rings. The Bertz CT molecular complexity index is 734. The Balaban J connectivity index is 1.31. The van der Waals surface area contributed by atoms with E-state index in [1.54, 1.807) is 0 Å². The Morgan fingerprint density at radius 1 is 1.20 bits per heavy atom. The Hall–Kier alpha value is -2.30. The summed E-state index contributed by atoms with van der Waals surface area (Å²) < 4.78 is 7.58. The molecule has 5 nitrogen and oxygen atoms in total. The average molecular weight is 339 g/mol. The molecule has 1 aliphatic carbocycles. The molecule has 1 aliphatic heterocycles. The molecule has 1 saturated heterocycles. The summed E-state index contributed by atoms with van der Waals surface area (Å²) in [4.78, 5) is 14.7. The number of hydrogen-bond acceptors (Lipinski definition) is 3. The van der Waals surface area contributed by atoms with Crippen LogP contribution in [0.4, 0.5) is 0 Å². The third-order valence-electron chi connectivity index (χ3n) is 5.14. The number of hydrogen-bond donors (Lipinski definition) is 0. The molecule has 2 heterocycles. The Morgan fingerprint density at radius 2 is 2.00 bits per heavy atom. The lowest BCUT2D eigenvalue weighted by atomic mass is 10.0. The predicted molar refractivity (Wildman–Crippen MR) is 95.6 cm³/mol. The number of nitrogens with zero attached hydrogens (tertiary/aromatic N) is 3. The Labute approximate surface area is 148 Å². The first-order valence-electron chi connectivity index (χ1n) is 9.17. The highest BCUT2D eigenvalue weighted by Gasteiger charge is 2.27. The van der Waals surface area contributed by atoms with Crippen LogP contribution in [0.2, 0.25) is 0 Å². The van der Waals surface area contributed by atoms with Crippen molar-refractivity contribution in [3.8, 4) is 5.75 Å². The maximum atomic E-state index is 12.7. The molecule has 1 aromatic heterocycles. The van der Waals surface area contributed by atoms with E-state index in [0.717, 1.165) is 49.8 Å². The van der Waals surface area contributed by atoms with Gasteiger partial charge in [0.05, 0.1) is 12.8 Å². The van der Waals surface area contributed by atoms with Crippen LogP contribution in [0.1, 0.15) is 35.2 Å². The summed E-state index contributed by atoms with van der Waals surface area (Å²) in [6.07, 6.45) is 8.60. The van der Waals surface area contributed by atoms with Crippen LogP contribution in [0.5, 0.6) is 5.75 Å². The first-order chi connectivity index (χ1) is 12.2. The first-order valence-corrected chi connectivity index (χ1v) is 9.17. The van der Waals surface area contributed by atoms with Crippen LogP contribution in [0.25, 0.3) is 0 Å². The van der Waals surface area contributed by atoms with E-state index in [2.05, 4.69) is 11.3 Å². The molecular weight excluding hydrogens is 314 g/mol. The molecule has 2 aromatic rings. The molecule has 1 atom stereocenters. The van der Waals surface area contributed by atoms with Crippen molar-refractivity contribution in [2.24, 2.45) is 18.9 Å². The van der Waals surface area contributed by atoms with Gasteiger partial charge in [-0.15, -0.1) is 0 Å². The number of amides is 1. The minimum Gasteiger partial charge on any atom is -0.493 e. The van der Waals surface area contributed by atoms with Crippen molar-refractivity contribution in [1.82, 2.24) is 14.7 Å². The van der Waals surface area contributed by atoms with E-state index in [1.807, 2.05) is 47.1 Å². The number of carbonyl (C=O) groups excluding carboxylic acids is 1. The fourth-order valence-corrected chi connectivity index (χ4v) is 3.47. The summed E-state index contributed by atoms with van der Waals surface area (Å²) in [5, 5.41) is 4.22. The zero-order chi connectivity index (χ0) is 17.2. The SMILES string of the molecule is Cn1cc(C[C@H]2CCN(C(=O)c3ccc(OCC4CC4)cc3)C2)cn1. The molecule has 0 bridgehead atoms. The molecule has 2 fully saturated rings. The van der Waals surface area contributed by atoms with E-state index in [9.17, 15) is 4.79 Å². The first kappa shape index (κ1) is 16.2. The van der Waals surface area contributed by atoms with Gasteiger partial charge in [-0.1, -0.05) is 0 Å². The van der Waals surface area contributed by atoms with Crippen molar-refractivity contribution in [2.45, 2.75) is 25.7 Å². The number of likely N-dealkylation sites (tertiary alicyclic amines) is 1. The van der Waals surface area contributed by atoms with Crippen LogP contribution >= 0.6 is 0 Å². The second-order valence-corrected chi connectivity index (χ2v) is 7.41. The monoisotopic (exact) mass is 339 g/mol. The van der Waals surface area contributed by atoms with Crippen LogP contribution in [0.15, 0.2) is 36.7 Å². The van der Waals surface area contributed by atoms with Gasteiger partial charge in [0.1, 0.15) is 5.75 Å². The number of rotatable bonds is 6. The molecule has 1 aromatic carbocycles. The maximum Gasteiger partial charge on any atom is 0.253 e. The average Bonchev–Trinajstić information content (AvgIpc) is 3.19. The van der Waals surface area contributed by atoms with Crippen molar-refractivity contribution >= 4 is 5.91 Å². The number of aromatic nitrogens is 2. The zero-order valence-electron chi connectivity index (χ0n) is 14.7. The van der Waals surface area contributed by atoms with Crippen molar-refractivity contribution in [3.63, 3.8) is 0 Å². The van der Waals surface area contributed by atoms with Gasteiger partial charge in [0.15, 0.2) is 0 Å². The van der Waals surface area contributed by atoms with Crippen LogP contribution < -0.4 is 4.74 Å². The van der Waals surface area contributed by atoms with Gasteiger partial charge in [-0.2, -0.15) is 5.10 Å². The van der Waals surface area contributed by atoms with Crippen LogP contribution in [0.3, 0.4) is 0 Å². The Morgan fingerprint density at radius 3 is 2.68 bits per heavy atom. The minimum absolute atomic E-state index is 0.127. The summed E-state index contributed by atoms with van der Waals surface area (Å²) in [6, 6.07) is 7.61. The smallest absolute Gasteiger partial charge is 0.253 e. The molecule has 0 spiro atoms. The van der Waals surface area contributed by atoms with E-state index in [1.165, 1.54) is 18.4 Å². The quantitative estimate of drug-likeness (QED) is 0.813. The van der Waals surface area contributed by atoms with Gasteiger partial charge in [0.25, 0.3) is 5.91 Å². The van der Waals surface area contributed by atoms with Gasteiger partial charge >= 0.3 is 0 Å². The second kappa shape index (κ2) is 6.90. The topological polar surface area (TPSA) is 47.4 Å². The van der Waals surface area contributed by atoms with Gasteiger partial charge in [-0.3, -0.25) is 9.48 Å². The van der Waals surface area contributed by atoms with Gasteiger partial charge in [0.2, 0.25) is 0 Å². The zero-order valence-corrected chi connectivity index (χ0v) is 14.7. The lowest BCUT2D eigenvalue weighted by molar-refractivity contribution is 0.0787. The molecule has 25 heavy (non-hydrogen) atoms. The van der Waals surface area contributed by atoms with Crippen molar-refractivity contribution in [2.75, 3.05) is 19.7 Å². The molecule has 5 heteroatoms. The molecule has 4 rings (SSSR count). The molecular formula is C20H25N3O2. The van der Waals surface area contributed by atoms with E-state index in [-0.39, 0.29) is 5.91 Å². The summed E-state index contributed by atoms with van der Waals surface area (Å²) in [7, 11) is 1.94. The normalized spacial score (nSPS) is 20.0. The minimum atomic E-state index is 0.127. The third-order valence-corrected chi connectivity index (χ3v) is 5.14. The summed E-state index contributed by atoms with van der Waals surface area (Å²) in [6.45, 7) is 2.47. The largest absolute Gasteiger partial charge is 0.493 e. The van der Waals surface area contributed by atoms with Crippen LogP contribution in [0, 0.1) is 11.8 Å². The van der Waals surface area contributed by atoms with Gasteiger partial charge < -0.3 is 9.64 Å². The van der Waals surface area contributed by atoms with Gasteiger partial charge in [0, 0.05) is 31.9 Å². The molecule has 1 amide bonds. The van der Waals surface area contributed by atoms with Crippen molar-refractivity contribution in [3.05, 3.63) is 47.8 Å². The van der Waals surface area contributed by atoms with E-state index < -0.39 is 0 Å².